The molecule has 88 valence electrons. The molecule has 0 fully saturated rings. The summed E-state index contributed by atoms with van der Waals surface area (Å²) < 4.78 is 0.857. The summed E-state index contributed by atoms with van der Waals surface area (Å²) in [5, 5.41) is 3.49. The van der Waals surface area contributed by atoms with E-state index in [4.69, 9.17) is 0 Å². The zero-order valence-corrected chi connectivity index (χ0v) is 11.3. The monoisotopic (exact) mass is 290 g/mol. The summed E-state index contributed by atoms with van der Waals surface area (Å²) in [4.78, 5) is 4.21. The number of nitrogens with zero attached hydrogens (tertiary/aromatic N) is 1. The molecule has 0 radical (unpaired) electrons. The van der Waals surface area contributed by atoms with Crippen LogP contribution < -0.4 is 5.32 Å². The van der Waals surface area contributed by atoms with E-state index in [-0.39, 0.29) is 0 Å². The molecule has 2 rings (SSSR count). The van der Waals surface area contributed by atoms with Crippen LogP contribution in [0.2, 0.25) is 0 Å². The van der Waals surface area contributed by atoms with Crippen LogP contribution in [0.1, 0.15) is 24.9 Å². The molecule has 0 spiro atoms. The van der Waals surface area contributed by atoms with E-state index in [2.05, 4.69) is 57.4 Å². The van der Waals surface area contributed by atoms with Crippen LogP contribution in [0.5, 0.6) is 0 Å². The van der Waals surface area contributed by atoms with Gasteiger partial charge in [0.15, 0.2) is 0 Å². The first-order valence-electron chi connectivity index (χ1n) is 5.72. The van der Waals surface area contributed by atoms with E-state index in [1.54, 1.807) is 0 Å². The highest BCUT2D eigenvalue weighted by Crippen LogP contribution is 2.22. The number of benzene rings is 1. The van der Waals surface area contributed by atoms with Gasteiger partial charge in [0.2, 0.25) is 0 Å². The Balaban J connectivity index is 2.13. The number of halogens is 1. The average Bonchev–Trinajstić information content (AvgIpc) is 2.39. The van der Waals surface area contributed by atoms with Crippen molar-refractivity contribution in [1.82, 2.24) is 4.98 Å². The van der Waals surface area contributed by atoms with E-state index < -0.39 is 0 Å². The lowest BCUT2D eigenvalue weighted by atomic mass is 10.0. The maximum absolute atomic E-state index is 4.21. The van der Waals surface area contributed by atoms with Crippen LogP contribution in [-0.4, -0.2) is 4.98 Å². The van der Waals surface area contributed by atoms with Crippen molar-refractivity contribution in [2.45, 2.75) is 19.4 Å². The summed E-state index contributed by atoms with van der Waals surface area (Å²) in [7, 11) is 0. The number of rotatable bonds is 4. The third kappa shape index (κ3) is 3.30. The van der Waals surface area contributed by atoms with Gasteiger partial charge >= 0.3 is 0 Å². The highest BCUT2D eigenvalue weighted by Gasteiger charge is 2.08. The lowest BCUT2D eigenvalue weighted by molar-refractivity contribution is 0.748. The van der Waals surface area contributed by atoms with Gasteiger partial charge in [-0.15, -0.1) is 0 Å². The van der Waals surface area contributed by atoms with E-state index in [0.717, 1.165) is 16.7 Å². The quantitative estimate of drug-likeness (QED) is 0.844. The van der Waals surface area contributed by atoms with Crippen molar-refractivity contribution in [3.63, 3.8) is 0 Å². The minimum Gasteiger partial charge on any atom is -0.377 e. The number of anilines is 1. The molecular formula is C14H15BrN2. The molecule has 0 saturated heterocycles. The van der Waals surface area contributed by atoms with Gasteiger partial charge in [0.1, 0.15) is 4.60 Å². The van der Waals surface area contributed by atoms with Crippen molar-refractivity contribution in [2.24, 2.45) is 0 Å². The van der Waals surface area contributed by atoms with Crippen LogP contribution >= 0.6 is 15.9 Å². The van der Waals surface area contributed by atoms with Gasteiger partial charge in [0, 0.05) is 0 Å². The molecule has 0 bridgehead atoms. The standard InChI is InChI=1S/C14H15BrN2/c1-2-13(11-6-4-3-5-7-11)17-12-8-9-14(15)16-10-12/h3-10,13,17H,2H2,1H3. The van der Waals surface area contributed by atoms with E-state index in [0.29, 0.717) is 6.04 Å². The van der Waals surface area contributed by atoms with E-state index >= 15 is 0 Å². The van der Waals surface area contributed by atoms with Crippen LogP contribution in [0, 0.1) is 0 Å². The SMILES string of the molecule is CCC(Nc1ccc(Br)nc1)c1ccccc1. The maximum Gasteiger partial charge on any atom is 0.106 e. The maximum atomic E-state index is 4.21. The summed E-state index contributed by atoms with van der Waals surface area (Å²) in [6, 6.07) is 14.8. The predicted molar refractivity (Wildman–Crippen MR) is 75.0 cm³/mol. The molecule has 17 heavy (non-hydrogen) atoms. The lowest BCUT2D eigenvalue weighted by Gasteiger charge is -2.18. The van der Waals surface area contributed by atoms with Gasteiger partial charge < -0.3 is 5.32 Å². The summed E-state index contributed by atoms with van der Waals surface area (Å²) in [6.45, 7) is 2.18. The molecule has 1 heterocycles. The number of aromatic nitrogens is 1. The largest absolute Gasteiger partial charge is 0.377 e. The predicted octanol–water partition coefficient (Wildman–Crippen LogP) is 4.41. The summed E-state index contributed by atoms with van der Waals surface area (Å²) in [6.07, 6.45) is 2.88. The lowest BCUT2D eigenvalue weighted by Crippen LogP contribution is -2.09. The van der Waals surface area contributed by atoms with Crippen LogP contribution in [-0.2, 0) is 0 Å². The number of pyridine rings is 1. The topological polar surface area (TPSA) is 24.9 Å². The van der Waals surface area contributed by atoms with E-state index in [1.807, 2.05) is 24.4 Å². The normalized spacial score (nSPS) is 12.1. The molecule has 0 amide bonds. The Kier molecular flexibility index (Phi) is 4.15. The van der Waals surface area contributed by atoms with Crippen molar-refractivity contribution in [3.05, 3.63) is 58.8 Å². The Morgan fingerprint density at radius 1 is 1.18 bits per heavy atom. The first-order chi connectivity index (χ1) is 8.29. The van der Waals surface area contributed by atoms with Gasteiger partial charge in [-0.25, -0.2) is 4.98 Å². The fourth-order valence-corrected chi connectivity index (χ4v) is 2.00. The smallest absolute Gasteiger partial charge is 0.106 e. The van der Waals surface area contributed by atoms with Crippen molar-refractivity contribution in [3.8, 4) is 0 Å². The van der Waals surface area contributed by atoms with Crippen molar-refractivity contribution >= 4 is 21.6 Å². The number of hydrogen-bond donors (Lipinski definition) is 1. The molecule has 0 aliphatic heterocycles. The molecule has 1 aromatic carbocycles. The molecule has 1 aromatic heterocycles. The van der Waals surface area contributed by atoms with Crippen molar-refractivity contribution in [2.75, 3.05) is 5.32 Å². The second-order valence-electron chi connectivity index (χ2n) is 3.89. The molecule has 2 aromatic rings. The molecule has 1 atom stereocenters. The Morgan fingerprint density at radius 2 is 1.94 bits per heavy atom. The Bertz CT molecular complexity index is 453. The van der Waals surface area contributed by atoms with Crippen molar-refractivity contribution in [1.29, 1.82) is 0 Å². The Hall–Kier alpha value is -1.35. The Morgan fingerprint density at radius 3 is 2.53 bits per heavy atom. The van der Waals surface area contributed by atoms with Gasteiger partial charge in [0.05, 0.1) is 17.9 Å². The van der Waals surface area contributed by atoms with Gasteiger partial charge in [-0.1, -0.05) is 37.3 Å². The second-order valence-corrected chi connectivity index (χ2v) is 4.70. The van der Waals surface area contributed by atoms with Crippen LogP contribution in [0.3, 0.4) is 0 Å². The molecule has 0 aliphatic rings. The molecule has 0 aliphatic carbocycles. The van der Waals surface area contributed by atoms with Gasteiger partial charge in [-0.05, 0) is 40.0 Å². The van der Waals surface area contributed by atoms with Crippen molar-refractivity contribution < 1.29 is 0 Å². The molecule has 3 heteroatoms. The first kappa shape index (κ1) is 12.1. The summed E-state index contributed by atoms with van der Waals surface area (Å²) in [5.74, 6) is 0. The van der Waals surface area contributed by atoms with Gasteiger partial charge in [-0.2, -0.15) is 0 Å². The molecule has 2 nitrogen and oxygen atoms in total. The number of hydrogen-bond acceptors (Lipinski definition) is 2. The molecular weight excluding hydrogens is 276 g/mol. The van der Waals surface area contributed by atoms with Gasteiger partial charge in [0.25, 0.3) is 0 Å². The fourth-order valence-electron chi connectivity index (χ4n) is 1.77. The fraction of sp³-hybridized carbons (Fsp3) is 0.214. The highest BCUT2D eigenvalue weighted by molar-refractivity contribution is 9.10. The molecule has 1 unspecified atom stereocenters. The zero-order chi connectivity index (χ0) is 12.1. The van der Waals surface area contributed by atoms with Gasteiger partial charge in [-0.3, -0.25) is 0 Å². The second kappa shape index (κ2) is 5.82. The minimum atomic E-state index is 0.333. The van der Waals surface area contributed by atoms with E-state index in [9.17, 15) is 0 Å². The van der Waals surface area contributed by atoms with E-state index in [1.165, 1.54) is 5.56 Å². The average molecular weight is 291 g/mol. The third-order valence-corrected chi connectivity index (χ3v) is 3.15. The van der Waals surface area contributed by atoms with Crippen LogP contribution in [0.25, 0.3) is 0 Å². The minimum absolute atomic E-state index is 0.333. The summed E-state index contributed by atoms with van der Waals surface area (Å²) >= 11 is 3.33. The Labute approximate surface area is 110 Å². The van der Waals surface area contributed by atoms with Crippen LogP contribution in [0.15, 0.2) is 53.3 Å². The van der Waals surface area contributed by atoms with Crippen LogP contribution in [0.4, 0.5) is 5.69 Å². The summed E-state index contributed by atoms with van der Waals surface area (Å²) in [5.41, 5.74) is 2.35. The first-order valence-corrected chi connectivity index (χ1v) is 6.52. The third-order valence-electron chi connectivity index (χ3n) is 2.68. The number of nitrogens with one attached hydrogen (secondary N) is 1. The molecule has 1 N–H and O–H groups in total. The zero-order valence-electron chi connectivity index (χ0n) is 9.73. The molecule has 0 saturated carbocycles. The highest BCUT2D eigenvalue weighted by atomic mass is 79.9.